The molecule has 0 saturated carbocycles. The van der Waals surface area contributed by atoms with Gasteiger partial charge in [-0.3, -0.25) is 9.69 Å². The third kappa shape index (κ3) is 2.59. The third-order valence-electron chi connectivity index (χ3n) is 3.92. The minimum atomic E-state index is -0.842. The van der Waals surface area contributed by atoms with Crippen molar-refractivity contribution in [1.82, 2.24) is 25.1 Å². The first-order chi connectivity index (χ1) is 9.25. The van der Waals surface area contributed by atoms with Gasteiger partial charge in [0, 0.05) is 12.6 Å². The van der Waals surface area contributed by atoms with E-state index in [1.54, 1.807) is 0 Å². The van der Waals surface area contributed by atoms with Crippen molar-refractivity contribution < 1.29 is 9.90 Å². The maximum absolute atomic E-state index is 10.6. The summed E-state index contributed by atoms with van der Waals surface area (Å²) in [6.07, 6.45) is 4.78. The summed E-state index contributed by atoms with van der Waals surface area (Å²) in [7, 11) is 0. The van der Waals surface area contributed by atoms with Crippen molar-refractivity contribution in [2.45, 2.75) is 42.9 Å². The molecule has 1 aromatic rings. The Morgan fingerprint density at radius 1 is 1.32 bits per heavy atom. The molecule has 0 amide bonds. The van der Waals surface area contributed by atoms with Crippen LogP contribution in [-0.2, 0) is 4.79 Å². The van der Waals surface area contributed by atoms with Gasteiger partial charge >= 0.3 is 5.97 Å². The summed E-state index contributed by atoms with van der Waals surface area (Å²) < 4.78 is 1.84. The summed E-state index contributed by atoms with van der Waals surface area (Å²) in [5.74, 6) is -0.841. The molecule has 0 radical (unpaired) electrons. The van der Waals surface area contributed by atoms with E-state index in [2.05, 4.69) is 20.4 Å². The third-order valence-corrected chi connectivity index (χ3v) is 4.84. The van der Waals surface area contributed by atoms with Crippen molar-refractivity contribution in [3.63, 3.8) is 0 Å². The number of hydrogen-bond acceptors (Lipinski definition) is 6. The van der Waals surface area contributed by atoms with Gasteiger partial charge in [0.25, 0.3) is 0 Å². The van der Waals surface area contributed by atoms with Gasteiger partial charge in [-0.1, -0.05) is 18.2 Å². The molecule has 8 heteroatoms. The Morgan fingerprint density at radius 2 is 2.21 bits per heavy atom. The zero-order valence-electron chi connectivity index (χ0n) is 10.6. The highest BCUT2D eigenvalue weighted by atomic mass is 32.2. The average molecular weight is 283 g/mol. The molecule has 19 heavy (non-hydrogen) atoms. The lowest BCUT2D eigenvalue weighted by atomic mass is 9.99. The predicted molar refractivity (Wildman–Crippen MR) is 69.0 cm³/mol. The Kier molecular flexibility index (Phi) is 3.69. The molecule has 2 aliphatic rings. The van der Waals surface area contributed by atoms with Crippen molar-refractivity contribution in [3.05, 3.63) is 0 Å². The molecule has 104 valence electrons. The lowest BCUT2D eigenvalue weighted by Gasteiger charge is -2.32. The van der Waals surface area contributed by atoms with Gasteiger partial charge in [0.1, 0.15) is 0 Å². The van der Waals surface area contributed by atoms with Crippen LogP contribution in [0.3, 0.4) is 0 Å². The number of carboxylic acids is 1. The number of aliphatic carboxylic acids is 1. The summed E-state index contributed by atoms with van der Waals surface area (Å²) in [6, 6.07) is 0.813. The molecular formula is C11H17N5O2S. The second-order valence-corrected chi connectivity index (χ2v) is 5.99. The largest absolute Gasteiger partial charge is 0.481 e. The highest BCUT2D eigenvalue weighted by Crippen LogP contribution is 2.36. The van der Waals surface area contributed by atoms with Gasteiger partial charge < -0.3 is 5.11 Å². The monoisotopic (exact) mass is 283 g/mol. The Hall–Kier alpha value is -1.15. The number of rotatable bonds is 4. The van der Waals surface area contributed by atoms with Crippen LogP contribution >= 0.6 is 11.8 Å². The fraction of sp³-hybridized carbons (Fsp3) is 0.818. The van der Waals surface area contributed by atoms with Gasteiger partial charge in [-0.05, 0) is 36.2 Å². The minimum absolute atomic E-state index is 0.00146. The van der Waals surface area contributed by atoms with Crippen LogP contribution in [0.2, 0.25) is 0 Å². The number of carbonyl (C=O) groups is 1. The number of fused-ring (bicyclic) bond motifs is 1. The highest BCUT2D eigenvalue weighted by Gasteiger charge is 2.38. The molecule has 1 aromatic heterocycles. The normalized spacial score (nSPS) is 27.4. The van der Waals surface area contributed by atoms with E-state index in [0.717, 1.165) is 13.0 Å². The zero-order chi connectivity index (χ0) is 13.2. The molecule has 2 unspecified atom stereocenters. The summed E-state index contributed by atoms with van der Waals surface area (Å²) in [6.45, 7) is 2.26. The van der Waals surface area contributed by atoms with Crippen LogP contribution in [0.5, 0.6) is 0 Å². The van der Waals surface area contributed by atoms with E-state index < -0.39 is 5.97 Å². The molecule has 2 aliphatic heterocycles. The van der Waals surface area contributed by atoms with E-state index in [1.807, 2.05) is 4.68 Å². The fourth-order valence-corrected chi connectivity index (χ4v) is 3.77. The smallest absolute Gasteiger partial charge is 0.313 e. The van der Waals surface area contributed by atoms with E-state index in [1.165, 1.54) is 37.6 Å². The molecule has 7 nitrogen and oxygen atoms in total. The lowest BCUT2D eigenvalue weighted by Crippen LogP contribution is -2.38. The molecule has 1 N–H and O–H groups in total. The summed E-state index contributed by atoms with van der Waals surface area (Å²) in [5.41, 5.74) is 0. The van der Waals surface area contributed by atoms with E-state index in [0.29, 0.717) is 17.2 Å². The van der Waals surface area contributed by atoms with Crippen LogP contribution in [0.25, 0.3) is 0 Å². The quantitative estimate of drug-likeness (QED) is 0.812. The molecule has 0 aromatic carbocycles. The second-order valence-electron chi connectivity index (χ2n) is 5.04. The zero-order valence-corrected chi connectivity index (χ0v) is 11.4. The average Bonchev–Trinajstić information content (AvgIpc) is 3.02. The molecule has 3 heterocycles. The number of aromatic nitrogens is 4. The van der Waals surface area contributed by atoms with Gasteiger partial charge in [0.2, 0.25) is 5.16 Å². The van der Waals surface area contributed by atoms with Crippen LogP contribution in [0.1, 0.15) is 31.7 Å². The van der Waals surface area contributed by atoms with Gasteiger partial charge in [-0.2, -0.15) is 0 Å². The molecule has 2 saturated heterocycles. The summed E-state index contributed by atoms with van der Waals surface area (Å²) in [4.78, 5) is 13.2. The van der Waals surface area contributed by atoms with Crippen molar-refractivity contribution >= 4 is 17.7 Å². The van der Waals surface area contributed by atoms with E-state index in [-0.39, 0.29) is 5.75 Å². The van der Waals surface area contributed by atoms with E-state index in [9.17, 15) is 4.79 Å². The topological polar surface area (TPSA) is 84.1 Å². The van der Waals surface area contributed by atoms with Crippen LogP contribution in [0.4, 0.5) is 0 Å². The Morgan fingerprint density at radius 3 is 3.05 bits per heavy atom. The number of thioether (sulfide) groups is 1. The van der Waals surface area contributed by atoms with Crippen LogP contribution < -0.4 is 0 Å². The lowest BCUT2D eigenvalue weighted by molar-refractivity contribution is -0.133. The van der Waals surface area contributed by atoms with Crippen molar-refractivity contribution in [2.24, 2.45) is 0 Å². The first kappa shape index (κ1) is 12.9. The summed E-state index contributed by atoms with van der Waals surface area (Å²) in [5, 5.41) is 21.1. The van der Waals surface area contributed by atoms with Crippen molar-refractivity contribution in [3.8, 4) is 0 Å². The number of tetrazole rings is 1. The van der Waals surface area contributed by atoms with Crippen LogP contribution in [0.15, 0.2) is 5.16 Å². The molecule has 2 fully saturated rings. The number of hydrogen-bond donors (Lipinski definition) is 1. The van der Waals surface area contributed by atoms with Crippen molar-refractivity contribution in [2.75, 3.05) is 18.8 Å². The Balaban J connectivity index is 1.75. The second kappa shape index (κ2) is 5.46. The Bertz CT molecular complexity index is 466. The SMILES string of the molecule is O=C(O)CSc1nnnn1C1CCN2CCCCC12. The van der Waals surface area contributed by atoms with Crippen LogP contribution in [-0.4, -0.2) is 61.1 Å². The van der Waals surface area contributed by atoms with Gasteiger partial charge in [-0.15, -0.1) is 5.10 Å². The maximum atomic E-state index is 10.6. The van der Waals surface area contributed by atoms with E-state index >= 15 is 0 Å². The number of piperidine rings is 1. The molecule has 0 spiro atoms. The Labute approximate surface area is 115 Å². The minimum Gasteiger partial charge on any atom is -0.481 e. The molecular weight excluding hydrogens is 266 g/mol. The fourth-order valence-electron chi connectivity index (χ4n) is 3.12. The first-order valence-electron chi connectivity index (χ1n) is 6.62. The van der Waals surface area contributed by atoms with Crippen molar-refractivity contribution in [1.29, 1.82) is 0 Å². The number of nitrogens with zero attached hydrogens (tertiary/aromatic N) is 5. The molecule has 0 bridgehead atoms. The molecule has 0 aliphatic carbocycles. The summed E-state index contributed by atoms with van der Waals surface area (Å²) >= 11 is 1.20. The van der Waals surface area contributed by atoms with Crippen LogP contribution in [0, 0.1) is 0 Å². The molecule has 2 atom stereocenters. The van der Waals surface area contributed by atoms with Gasteiger partial charge in [-0.25, -0.2) is 4.68 Å². The number of carboxylic acid groups (broad SMARTS) is 1. The standard InChI is InChI=1S/C11H17N5O2S/c17-10(18)7-19-11-12-13-14-16(11)9-4-6-15-5-2-1-3-8(9)15/h8-9H,1-7H2,(H,17,18). The first-order valence-corrected chi connectivity index (χ1v) is 7.61. The van der Waals surface area contributed by atoms with Gasteiger partial charge in [0.15, 0.2) is 0 Å². The predicted octanol–water partition coefficient (Wildman–Crippen LogP) is 0.649. The molecule has 3 rings (SSSR count). The van der Waals surface area contributed by atoms with Gasteiger partial charge in [0.05, 0.1) is 11.8 Å². The van der Waals surface area contributed by atoms with E-state index in [4.69, 9.17) is 5.11 Å². The highest BCUT2D eigenvalue weighted by molar-refractivity contribution is 7.99. The maximum Gasteiger partial charge on any atom is 0.313 e.